The van der Waals surface area contributed by atoms with Gasteiger partial charge in [-0.15, -0.1) is 0 Å². The van der Waals surface area contributed by atoms with Crippen LogP contribution in [0, 0.1) is 12.8 Å². The van der Waals surface area contributed by atoms with Gasteiger partial charge in [0.05, 0.1) is 11.8 Å². The van der Waals surface area contributed by atoms with Gasteiger partial charge in [-0.1, -0.05) is 26.0 Å². The summed E-state index contributed by atoms with van der Waals surface area (Å²) in [4.78, 5) is 48.2. The summed E-state index contributed by atoms with van der Waals surface area (Å²) >= 11 is 0. The van der Waals surface area contributed by atoms with Crippen molar-refractivity contribution in [1.29, 1.82) is 0 Å². The number of nitrogens with zero attached hydrogens (tertiary/aromatic N) is 6. The first-order valence-corrected chi connectivity index (χ1v) is 12.5. The molecule has 1 amide bonds. The van der Waals surface area contributed by atoms with E-state index in [9.17, 15) is 14.4 Å². The molecule has 5 rings (SSSR count). The fourth-order valence-electron chi connectivity index (χ4n) is 4.95. The fraction of sp³-hybridized carbons (Fsp3) is 0.423. The highest BCUT2D eigenvalue weighted by Gasteiger charge is 2.31. The zero-order chi connectivity index (χ0) is 25.4. The number of aryl methyl sites for hydroxylation is 2. The molecule has 1 fully saturated rings. The van der Waals surface area contributed by atoms with E-state index in [0.29, 0.717) is 56.0 Å². The predicted octanol–water partition coefficient (Wildman–Crippen LogP) is 2.93. The molecule has 1 saturated heterocycles. The second-order valence-electron chi connectivity index (χ2n) is 9.54. The minimum Gasteiger partial charge on any atom is -0.332 e. The molecule has 0 saturated carbocycles. The first-order valence-electron chi connectivity index (χ1n) is 12.5. The van der Waals surface area contributed by atoms with Crippen LogP contribution in [0.15, 0.2) is 46.2 Å². The predicted molar refractivity (Wildman–Crippen MR) is 138 cm³/mol. The van der Waals surface area contributed by atoms with E-state index in [2.05, 4.69) is 15.1 Å². The highest BCUT2D eigenvalue weighted by Crippen LogP contribution is 2.27. The van der Waals surface area contributed by atoms with Crippen molar-refractivity contribution in [3.05, 3.63) is 63.1 Å². The molecular formula is C26H31N7O3. The van der Waals surface area contributed by atoms with Crippen LogP contribution in [-0.2, 0) is 24.4 Å². The van der Waals surface area contributed by atoms with Crippen LogP contribution < -0.4 is 16.1 Å². The van der Waals surface area contributed by atoms with Crippen LogP contribution in [0.1, 0.15) is 38.7 Å². The third-order valence-electron chi connectivity index (χ3n) is 6.63. The van der Waals surface area contributed by atoms with Gasteiger partial charge >= 0.3 is 5.69 Å². The van der Waals surface area contributed by atoms with E-state index >= 15 is 0 Å². The highest BCUT2D eigenvalue weighted by molar-refractivity contribution is 5.95. The number of aromatic nitrogens is 6. The first kappa shape index (κ1) is 23.8. The van der Waals surface area contributed by atoms with Crippen LogP contribution in [0.2, 0.25) is 0 Å². The normalized spacial score (nSPS) is 15.9. The molecule has 4 heterocycles. The SMILES string of the molecule is CCCn1c(=O)c2[nH]c(-c3cnn(CC4CC(=O)N(c5cccc(C)c5)C4)c3)nc2n(CCC)c1=O. The van der Waals surface area contributed by atoms with E-state index in [1.54, 1.807) is 10.8 Å². The molecule has 10 nitrogen and oxygen atoms in total. The van der Waals surface area contributed by atoms with Gasteiger partial charge < -0.3 is 9.88 Å². The van der Waals surface area contributed by atoms with Crippen molar-refractivity contribution in [2.75, 3.05) is 11.4 Å². The van der Waals surface area contributed by atoms with Crippen LogP contribution in [0.5, 0.6) is 0 Å². The molecule has 10 heteroatoms. The lowest BCUT2D eigenvalue weighted by atomic mass is 10.1. The zero-order valence-corrected chi connectivity index (χ0v) is 20.9. The van der Waals surface area contributed by atoms with E-state index in [-0.39, 0.29) is 23.1 Å². The Labute approximate surface area is 208 Å². The van der Waals surface area contributed by atoms with Crippen LogP contribution in [0.3, 0.4) is 0 Å². The number of hydrogen-bond acceptors (Lipinski definition) is 5. The maximum absolute atomic E-state index is 13.0. The molecule has 1 atom stereocenters. The van der Waals surface area contributed by atoms with Gasteiger partial charge in [0.2, 0.25) is 5.91 Å². The number of benzene rings is 1. The molecular weight excluding hydrogens is 458 g/mol. The molecule has 3 aromatic heterocycles. The molecule has 4 aromatic rings. The van der Waals surface area contributed by atoms with Crippen molar-refractivity contribution in [2.24, 2.45) is 5.92 Å². The van der Waals surface area contributed by atoms with Crippen LogP contribution >= 0.6 is 0 Å². The third-order valence-corrected chi connectivity index (χ3v) is 6.63. The maximum atomic E-state index is 13.0. The summed E-state index contributed by atoms with van der Waals surface area (Å²) in [5, 5.41) is 4.48. The van der Waals surface area contributed by atoms with Crippen molar-refractivity contribution in [3.63, 3.8) is 0 Å². The second-order valence-corrected chi connectivity index (χ2v) is 9.54. The number of carbonyl (C=O) groups excluding carboxylic acids is 1. The Morgan fingerprint density at radius 1 is 1.08 bits per heavy atom. The molecule has 1 N–H and O–H groups in total. The number of anilines is 1. The summed E-state index contributed by atoms with van der Waals surface area (Å²) in [6, 6.07) is 7.98. The molecule has 1 aliphatic rings. The van der Waals surface area contributed by atoms with Crippen molar-refractivity contribution in [2.45, 2.75) is 59.7 Å². The quantitative estimate of drug-likeness (QED) is 0.409. The summed E-state index contributed by atoms with van der Waals surface area (Å²) in [5.74, 6) is 0.751. The van der Waals surface area contributed by atoms with Gasteiger partial charge in [-0.05, 0) is 37.5 Å². The monoisotopic (exact) mass is 489 g/mol. The van der Waals surface area contributed by atoms with Crippen molar-refractivity contribution >= 4 is 22.8 Å². The Hall–Kier alpha value is -3.95. The van der Waals surface area contributed by atoms with Gasteiger partial charge in [0, 0.05) is 50.4 Å². The van der Waals surface area contributed by atoms with Gasteiger partial charge in [-0.25, -0.2) is 9.78 Å². The Morgan fingerprint density at radius 3 is 2.61 bits per heavy atom. The number of rotatable bonds is 8. The molecule has 1 aromatic carbocycles. The average Bonchev–Trinajstić information content (AvgIpc) is 3.58. The van der Waals surface area contributed by atoms with Crippen LogP contribution in [0.25, 0.3) is 22.6 Å². The van der Waals surface area contributed by atoms with Crippen molar-refractivity contribution < 1.29 is 4.79 Å². The molecule has 188 valence electrons. The largest absolute Gasteiger partial charge is 0.332 e. The minimum absolute atomic E-state index is 0.118. The summed E-state index contributed by atoms with van der Waals surface area (Å²) in [5.41, 5.74) is 2.80. The number of H-pyrrole nitrogens is 1. The van der Waals surface area contributed by atoms with E-state index in [1.165, 1.54) is 4.57 Å². The number of carbonyl (C=O) groups is 1. The number of hydrogen-bond donors (Lipinski definition) is 1. The maximum Gasteiger partial charge on any atom is 0.332 e. The van der Waals surface area contributed by atoms with Crippen molar-refractivity contribution in [3.8, 4) is 11.4 Å². The molecule has 1 aliphatic heterocycles. The number of fused-ring (bicyclic) bond motifs is 1. The van der Waals surface area contributed by atoms with E-state index in [1.807, 2.05) is 60.8 Å². The third kappa shape index (κ3) is 4.27. The lowest BCUT2D eigenvalue weighted by Gasteiger charge is -2.17. The fourth-order valence-corrected chi connectivity index (χ4v) is 4.95. The Morgan fingerprint density at radius 2 is 1.86 bits per heavy atom. The summed E-state index contributed by atoms with van der Waals surface area (Å²) in [6.45, 7) is 8.02. The summed E-state index contributed by atoms with van der Waals surface area (Å²) in [7, 11) is 0. The molecule has 0 spiro atoms. The van der Waals surface area contributed by atoms with Gasteiger partial charge in [0.1, 0.15) is 11.3 Å². The summed E-state index contributed by atoms with van der Waals surface area (Å²) < 4.78 is 4.66. The molecule has 1 unspecified atom stereocenters. The van der Waals surface area contributed by atoms with E-state index < -0.39 is 0 Å². The molecule has 36 heavy (non-hydrogen) atoms. The number of aromatic amines is 1. The number of imidazole rings is 1. The second kappa shape index (κ2) is 9.60. The minimum atomic E-state index is -0.351. The van der Waals surface area contributed by atoms with Gasteiger partial charge in [0.25, 0.3) is 5.56 Å². The summed E-state index contributed by atoms with van der Waals surface area (Å²) in [6.07, 6.45) is 5.46. The standard InChI is InChI=1S/C26H31N7O3/c1-4-9-31-24-22(25(35)32(10-5-2)26(31)36)28-23(29-24)19-13-27-30(16-19)14-18-12-21(34)33(15-18)20-8-6-7-17(3)11-20/h6-8,11,13,16,18H,4-5,9-10,12,14-15H2,1-3H3,(H,28,29). The van der Waals surface area contributed by atoms with Gasteiger partial charge in [0.15, 0.2) is 5.65 Å². The number of nitrogens with one attached hydrogen (secondary N) is 1. The smallest absolute Gasteiger partial charge is 0.332 e. The Kier molecular flexibility index (Phi) is 6.34. The van der Waals surface area contributed by atoms with Crippen LogP contribution in [0.4, 0.5) is 5.69 Å². The Balaban J connectivity index is 1.40. The first-order chi connectivity index (χ1) is 17.4. The molecule has 0 radical (unpaired) electrons. The van der Waals surface area contributed by atoms with E-state index in [4.69, 9.17) is 0 Å². The lowest BCUT2D eigenvalue weighted by Crippen LogP contribution is -2.40. The highest BCUT2D eigenvalue weighted by atomic mass is 16.2. The van der Waals surface area contributed by atoms with Gasteiger partial charge in [-0.2, -0.15) is 5.10 Å². The van der Waals surface area contributed by atoms with Gasteiger partial charge in [-0.3, -0.25) is 23.4 Å². The Bertz CT molecular complexity index is 1540. The zero-order valence-electron chi connectivity index (χ0n) is 20.9. The van der Waals surface area contributed by atoms with Crippen molar-refractivity contribution in [1.82, 2.24) is 28.9 Å². The topological polar surface area (TPSA) is 111 Å². The average molecular weight is 490 g/mol. The number of amides is 1. The van der Waals surface area contributed by atoms with Crippen LogP contribution in [-0.4, -0.2) is 41.3 Å². The molecule has 0 aliphatic carbocycles. The molecule has 0 bridgehead atoms. The lowest BCUT2D eigenvalue weighted by molar-refractivity contribution is -0.117. The van der Waals surface area contributed by atoms with E-state index in [0.717, 1.165) is 23.2 Å².